The normalized spacial score (nSPS) is 18.2. The number of rotatable bonds is 2. The molecule has 1 aliphatic rings. The second kappa shape index (κ2) is 3.90. The Bertz CT molecular complexity index is 390. The van der Waals surface area contributed by atoms with E-state index in [4.69, 9.17) is 22.9 Å². The molecule has 0 aliphatic heterocycles. The van der Waals surface area contributed by atoms with Crippen molar-refractivity contribution in [2.45, 2.75) is 19.8 Å². The molecule has 0 amide bonds. The molecule has 72 valence electrons. The molecule has 0 aromatic rings. The van der Waals surface area contributed by atoms with Crippen molar-refractivity contribution in [3.63, 3.8) is 0 Å². The molecule has 0 unspecified atom stereocenters. The maximum atomic E-state index is 11.0. The van der Waals surface area contributed by atoms with Crippen molar-refractivity contribution in [2.75, 3.05) is 0 Å². The van der Waals surface area contributed by atoms with Crippen LogP contribution in [0.25, 0.3) is 0 Å². The summed E-state index contributed by atoms with van der Waals surface area (Å²) in [5.41, 5.74) is 0.966. The highest BCUT2D eigenvalue weighted by Gasteiger charge is 2.21. The molecule has 2 nitrogen and oxygen atoms in total. The third-order valence-corrected chi connectivity index (χ3v) is 3.72. The van der Waals surface area contributed by atoms with Gasteiger partial charge in [-0.2, -0.15) is 0 Å². The third-order valence-electron chi connectivity index (χ3n) is 1.81. The summed E-state index contributed by atoms with van der Waals surface area (Å²) < 4.78 is 22.1. The predicted molar refractivity (Wildman–Crippen MR) is 58.4 cm³/mol. The first-order valence-corrected chi connectivity index (χ1v) is 6.55. The lowest BCUT2D eigenvalue weighted by Crippen LogP contribution is -2.09. The van der Waals surface area contributed by atoms with Crippen LogP contribution in [0.1, 0.15) is 19.8 Å². The second-order valence-electron chi connectivity index (χ2n) is 2.71. The first-order valence-electron chi connectivity index (χ1n) is 3.83. The van der Waals surface area contributed by atoms with Crippen LogP contribution >= 0.6 is 22.9 Å². The Balaban J connectivity index is 3.14. The summed E-state index contributed by atoms with van der Waals surface area (Å²) in [6.07, 6.45) is 4.76. The first-order chi connectivity index (χ1) is 5.95. The Hall–Kier alpha value is -0.190. The number of halogens is 1. The standard InChI is InChI=1S/C8H9ClO2S2/c1-2-6-3-4-7(12)8(5-6)13(9,10)11/h3,5H,2,4H2,1H3. The minimum Gasteiger partial charge on any atom is -0.207 e. The van der Waals surface area contributed by atoms with E-state index in [1.165, 1.54) is 0 Å². The molecule has 0 saturated carbocycles. The second-order valence-corrected chi connectivity index (χ2v) is 5.73. The number of thiocarbonyl (C=S) groups is 1. The third kappa shape index (κ3) is 2.62. The van der Waals surface area contributed by atoms with Gasteiger partial charge < -0.3 is 0 Å². The van der Waals surface area contributed by atoms with Crippen molar-refractivity contribution in [3.8, 4) is 0 Å². The molecule has 0 spiro atoms. The van der Waals surface area contributed by atoms with Gasteiger partial charge in [-0.15, -0.1) is 0 Å². The van der Waals surface area contributed by atoms with Gasteiger partial charge in [-0.1, -0.05) is 30.8 Å². The Labute approximate surface area is 87.7 Å². The topological polar surface area (TPSA) is 34.1 Å². The fraction of sp³-hybridized carbons (Fsp3) is 0.375. The molecule has 1 aliphatic carbocycles. The summed E-state index contributed by atoms with van der Waals surface area (Å²) in [5.74, 6) is 0. The van der Waals surface area contributed by atoms with Crippen LogP contribution in [0.2, 0.25) is 0 Å². The Morgan fingerprint density at radius 3 is 2.69 bits per heavy atom. The molecule has 0 aromatic carbocycles. The first kappa shape index (κ1) is 10.9. The van der Waals surface area contributed by atoms with E-state index in [1.54, 1.807) is 6.08 Å². The number of allylic oxidation sites excluding steroid dienone is 4. The highest BCUT2D eigenvalue weighted by molar-refractivity contribution is 8.18. The lowest BCUT2D eigenvalue weighted by Gasteiger charge is -2.10. The minimum absolute atomic E-state index is 0.0866. The Kier molecular flexibility index (Phi) is 3.27. The monoisotopic (exact) mass is 236 g/mol. The van der Waals surface area contributed by atoms with E-state index in [0.29, 0.717) is 11.3 Å². The molecule has 5 heteroatoms. The average molecular weight is 237 g/mol. The van der Waals surface area contributed by atoms with Crippen LogP contribution in [-0.2, 0) is 9.05 Å². The molecule has 0 radical (unpaired) electrons. The molecular weight excluding hydrogens is 228 g/mol. The summed E-state index contributed by atoms with van der Waals surface area (Å²) in [5, 5.41) is 0. The van der Waals surface area contributed by atoms with Gasteiger partial charge in [0, 0.05) is 22.0 Å². The van der Waals surface area contributed by atoms with Crippen LogP contribution in [0.5, 0.6) is 0 Å². The molecule has 0 saturated heterocycles. The lowest BCUT2D eigenvalue weighted by molar-refractivity contribution is 0.616. The van der Waals surface area contributed by atoms with Crippen LogP contribution in [0.4, 0.5) is 0 Å². The molecule has 0 aromatic heterocycles. The van der Waals surface area contributed by atoms with Gasteiger partial charge in [0.1, 0.15) is 0 Å². The van der Waals surface area contributed by atoms with Crippen molar-refractivity contribution >= 4 is 36.8 Å². The van der Waals surface area contributed by atoms with Gasteiger partial charge >= 0.3 is 0 Å². The molecule has 0 atom stereocenters. The molecule has 0 N–H and O–H groups in total. The number of hydrogen-bond acceptors (Lipinski definition) is 3. The summed E-state index contributed by atoms with van der Waals surface area (Å²) in [6.45, 7) is 1.95. The van der Waals surface area contributed by atoms with Crippen molar-refractivity contribution in [1.29, 1.82) is 0 Å². The average Bonchev–Trinajstić information content (AvgIpc) is 2.03. The van der Waals surface area contributed by atoms with Gasteiger partial charge in [-0.25, -0.2) is 8.42 Å². The Morgan fingerprint density at radius 1 is 1.62 bits per heavy atom. The quantitative estimate of drug-likeness (QED) is 0.546. The fourth-order valence-corrected chi connectivity index (χ4v) is 2.75. The molecule has 0 heterocycles. The van der Waals surface area contributed by atoms with Gasteiger partial charge in [-0.05, 0) is 12.5 Å². The molecule has 0 bridgehead atoms. The number of hydrogen-bond donors (Lipinski definition) is 0. The maximum Gasteiger partial charge on any atom is 0.262 e. The van der Waals surface area contributed by atoms with E-state index >= 15 is 0 Å². The van der Waals surface area contributed by atoms with Crippen LogP contribution in [0.3, 0.4) is 0 Å². The SMILES string of the molecule is CCC1=CCC(=S)C(S(=O)(=O)Cl)=C1. The van der Waals surface area contributed by atoms with Crippen molar-refractivity contribution in [3.05, 3.63) is 22.6 Å². The van der Waals surface area contributed by atoms with Gasteiger partial charge in [-0.3, -0.25) is 0 Å². The van der Waals surface area contributed by atoms with E-state index < -0.39 is 9.05 Å². The molecule has 13 heavy (non-hydrogen) atoms. The van der Waals surface area contributed by atoms with Crippen molar-refractivity contribution in [1.82, 2.24) is 0 Å². The summed E-state index contributed by atoms with van der Waals surface area (Å²) in [4.78, 5) is 0.482. The van der Waals surface area contributed by atoms with E-state index in [0.717, 1.165) is 12.0 Å². The van der Waals surface area contributed by atoms with E-state index in [1.807, 2.05) is 13.0 Å². The van der Waals surface area contributed by atoms with Gasteiger partial charge in [0.05, 0.1) is 4.91 Å². The zero-order valence-electron chi connectivity index (χ0n) is 7.08. The van der Waals surface area contributed by atoms with Crippen LogP contribution in [-0.4, -0.2) is 13.3 Å². The Morgan fingerprint density at radius 2 is 2.23 bits per heavy atom. The van der Waals surface area contributed by atoms with E-state index in [2.05, 4.69) is 0 Å². The zero-order chi connectivity index (χ0) is 10.1. The molecule has 1 rings (SSSR count). The van der Waals surface area contributed by atoms with Gasteiger partial charge in [0.25, 0.3) is 9.05 Å². The van der Waals surface area contributed by atoms with E-state index in [9.17, 15) is 8.42 Å². The van der Waals surface area contributed by atoms with Crippen molar-refractivity contribution < 1.29 is 8.42 Å². The summed E-state index contributed by atoms with van der Waals surface area (Å²) in [6, 6.07) is 0. The minimum atomic E-state index is -3.67. The van der Waals surface area contributed by atoms with Crippen LogP contribution in [0.15, 0.2) is 22.6 Å². The highest BCUT2D eigenvalue weighted by Crippen LogP contribution is 2.24. The molecular formula is C8H9ClO2S2. The maximum absolute atomic E-state index is 11.0. The van der Waals surface area contributed by atoms with Gasteiger partial charge in [0.2, 0.25) is 0 Å². The van der Waals surface area contributed by atoms with Crippen molar-refractivity contribution in [2.24, 2.45) is 0 Å². The fourth-order valence-electron chi connectivity index (χ4n) is 1.08. The van der Waals surface area contributed by atoms with Crippen LogP contribution < -0.4 is 0 Å². The predicted octanol–water partition coefficient (Wildman–Crippen LogP) is 2.55. The largest absolute Gasteiger partial charge is 0.262 e. The molecule has 0 fully saturated rings. The summed E-state index contributed by atoms with van der Waals surface area (Å²) in [7, 11) is 1.55. The highest BCUT2D eigenvalue weighted by atomic mass is 35.7. The van der Waals surface area contributed by atoms with Crippen LogP contribution in [0, 0.1) is 0 Å². The van der Waals surface area contributed by atoms with Gasteiger partial charge in [0.15, 0.2) is 0 Å². The van der Waals surface area contributed by atoms with E-state index in [-0.39, 0.29) is 4.91 Å². The smallest absolute Gasteiger partial charge is 0.207 e. The lowest BCUT2D eigenvalue weighted by atomic mass is 10.1. The zero-order valence-corrected chi connectivity index (χ0v) is 9.47. The summed E-state index contributed by atoms with van der Waals surface area (Å²) >= 11 is 4.90.